The molecule has 0 aliphatic carbocycles. The zero-order valence-electron chi connectivity index (χ0n) is 8.24. The molecule has 0 aromatic heterocycles. The molecule has 5 heteroatoms. The van der Waals surface area contributed by atoms with Crippen LogP contribution in [0, 0.1) is 11.8 Å². The first-order chi connectivity index (χ1) is 5.49. The molecule has 0 aliphatic rings. The Morgan fingerprint density at radius 2 is 1.92 bits per heavy atom. The summed E-state index contributed by atoms with van der Waals surface area (Å²) < 4.78 is 0. The van der Waals surface area contributed by atoms with E-state index in [1.54, 1.807) is 6.92 Å². The molecule has 1 N–H and O–H groups in total. The van der Waals surface area contributed by atoms with Crippen LogP contribution in [0.4, 0.5) is 0 Å². The molecule has 0 rings (SSSR count). The number of hydrogen-bond acceptors (Lipinski definition) is 3. The van der Waals surface area contributed by atoms with E-state index in [1.807, 2.05) is 0 Å². The maximum atomic E-state index is 10.4. The van der Waals surface area contributed by atoms with Gasteiger partial charge >= 0.3 is 35.5 Å². The molecule has 0 radical (unpaired) electrons. The van der Waals surface area contributed by atoms with Gasteiger partial charge in [0.25, 0.3) is 0 Å². The minimum atomic E-state index is -1.16. The van der Waals surface area contributed by atoms with Crippen molar-refractivity contribution in [2.45, 2.75) is 26.7 Å². The Hall–Kier alpha value is -0.0600. The van der Waals surface area contributed by atoms with Crippen LogP contribution in [0.5, 0.6) is 0 Å². The first-order valence-electron chi connectivity index (χ1n) is 3.92. The fraction of sp³-hybridized carbons (Fsp3) is 0.750. The van der Waals surface area contributed by atoms with Gasteiger partial charge in [-0.15, -0.1) is 0 Å². The second-order valence-corrected chi connectivity index (χ2v) is 2.90. The van der Waals surface area contributed by atoms with Gasteiger partial charge in [-0.1, -0.05) is 13.8 Å². The molecule has 70 valence electrons. The predicted octanol–water partition coefficient (Wildman–Crippen LogP) is -3.12. The Bertz CT molecular complexity index is 181. The first kappa shape index (κ1) is 15.4. The number of rotatable bonds is 5. The SMILES string of the molecule is CCC(CC(C)C(=O)O)C(=O)[O-].[Na+]. The quantitative estimate of drug-likeness (QED) is 0.472. The summed E-state index contributed by atoms with van der Waals surface area (Å²) in [7, 11) is 0. The van der Waals surface area contributed by atoms with E-state index in [-0.39, 0.29) is 36.0 Å². The van der Waals surface area contributed by atoms with Crippen LogP contribution >= 0.6 is 0 Å². The van der Waals surface area contributed by atoms with Crippen molar-refractivity contribution in [3.05, 3.63) is 0 Å². The van der Waals surface area contributed by atoms with Crippen molar-refractivity contribution in [1.82, 2.24) is 0 Å². The molecule has 0 aliphatic heterocycles. The molecule has 2 atom stereocenters. The van der Waals surface area contributed by atoms with E-state index in [0.29, 0.717) is 6.42 Å². The summed E-state index contributed by atoms with van der Waals surface area (Å²) in [6.07, 6.45) is 0.564. The second-order valence-electron chi connectivity index (χ2n) is 2.90. The minimum Gasteiger partial charge on any atom is -0.550 e. The summed E-state index contributed by atoms with van der Waals surface area (Å²) in [6.45, 7) is 3.20. The summed E-state index contributed by atoms with van der Waals surface area (Å²) in [5.41, 5.74) is 0. The van der Waals surface area contributed by atoms with Gasteiger partial charge < -0.3 is 15.0 Å². The van der Waals surface area contributed by atoms with Crippen molar-refractivity contribution in [2.24, 2.45) is 11.8 Å². The predicted molar refractivity (Wildman–Crippen MR) is 40.2 cm³/mol. The van der Waals surface area contributed by atoms with Crippen LogP contribution in [0.1, 0.15) is 26.7 Å². The van der Waals surface area contributed by atoms with Gasteiger partial charge in [0.05, 0.1) is 5.92 Å². The van der Waals surface area contributed by atoms with Gasteiger partial charge in [0.2, 0.25) is 0 Å². The van der Waals surface area contributed by atoms with E-state index in [1.165, 1.54) is 6.92 Å². The van der Waals surface area contributed by atoms with Gasteiger partial charge in [-0.3, -0.25) is 4.79 Å². The van der Waals surface area contributed by atoms with E-state index < -0.39 is 23.8 Å². The standard InChI is InChI=1S/C8H14O4.Na/c1-3-6(8(11)12)4-5(2)7(9)10;/h5-6H,3-4H2,1-2H3,(H,9,10)(H,11,12);/q;+1/p-1. The van der Waals surface area contributed by atoms with Crippen molar-refractivity contribution >= 4 is 11.9 Å². The zero-order valence-corrected chi connectivity index (χ0v) is 10.2. The normalized spacial score (nSPS) is 14.0. The summed E-state index contributed by atoms with van der Waals surface area (Å²) in [4.78, 5) is 20.7. The monoisotopic (exact) mass is 196 g/mol. The van der Waals surface area contributed by atoms with E-state index in [0.717, 1.165) is 0 Å². The van der Waals surface area contributed by atoms with Gasteiger partial charge in [-0.05, 0) is 18.8 Å². The maximum absolute atomic E-state index is 10.4. The molecular weight excluding hydrogens is 183 g/mol. The van der Waals surface area contributed by atoms with Crippen LogP contribution in [0.2, 0.25) is 0 Å². The van der Waals surface area contributed by atoms with Crippen LogP contribution in [0.15, 0.2) is 0 Å². The third kappa shape index (κ3) is 6.07. The van der Waals surface area contributed by atoms with Gasteiger partial charge in [0.15, 0.2) is 0 Å². The van der Waals surface area contributed by atoms with Crippen molar-refractivity contribution in [3.8, 4) is 0 Å². The molecule has 0 saturated carbocycles. The largest absolute Gasteiger partial charge is 1.00 e. The van der Waals surface area contributed by atoms with Gasteiger partial charge in [-0.25, -0.2) is 0 Å². The van der Waals surface area contributed by atoms with Crippen molar-refractivity contribution in [3.63, 3.8) is 0 Å². The van der Waals surface area contributed by atoms with Gasteiger partial charge in [0, 0.05) is 5.97 Å². The molecule has 2 unspecified atom stereocenters. The number of carboxylic acids is 2. The zero-order chi connectivity index (χ0) is 9.72. The topological polar surface area (TPSA) is 77.4 Å². The molecule has 4 nitrogen and oxygen atoms in total. The van der Waals surface area contributed by atoms with E-state index >= 15 is 0 Å². The first-order valence-corrected chi connectivity index (χ1v) is 3.92. The molecule has 0 aromatic rings. The molecular formula is C8H13NaO4. The average molecular weight is 196 g/mol. The Balaban J connectivity index is 0. The van der Waals surface area contributed by atoms with Crippen molar-refractivity contribution in [2.75, 3.05) is 0 Å². The number of carbonyl (C=O) groups is 2. The van der Waals surface area contributed by atoms with Crippen LogP contribution in [-0.2, 0) is 9.59 Å². The van der Waals surface area contributed by atoms with Gasteiger partial charge in [-0.2, -0.15) is 0 Å². The fourth-order valence-corrected chi connectivity index (χ4v) is 0.957. The molecule has 13 heavy (non-hydrogen) atoms. The summed E-state index contributed by atoms with van der Waals surface area (Å²) >= 11 is 0. The smallest absolute Gasteiger partial charge is 0.550 e. The summed E-state index contributed by atoms with van der Waals surface area (Å²) in [6, 6.07) is 0. The Kier molecular flexibility index (Phi) is 8.72. The summed E-state index contributed by atoms with van der Waals surface area (Å²) in [5.74, 6) is -3.38. The van der Waals surface area contributed by atoms with Crippen LogP contribution in [0.3, 0.4) is 0 Å². The van der Waals surface area contributed by atoms with Gasteiger partial charge in [0.1, 0.15) is 0 Å². The average Bonchev–Trinajstić information content (AvgIpc) is 1.98. The number of carboxylic acid groups (broad SMARTS) is 2. The third-order valence-electron chi connectivity index (χ3n) is 1.89. The molecule has 0 saturated heterocycles. The molecule has 0 bridgehead atoms. The summed E-state index contributed by atoms with van der Waals surface area (Å²) in [5, 5.41) is 18.9. The number of hydrogen-bond donors (Lipinski definition) is 1. The molecule has 0 heterocycles. The number of carbonyl (C=O) groups excluding carboxylic acids is 1. The Morgan fingerprint density at radius 3 is 2.15 bits per heavy atom. The fourth-order valence-electron chi connectivity index (χ4n) is 0.957. The van der Waals surface area contributed by atoms with Crippen LogP contribution < -0.4 is 34.7 Å². The minimum absolute atomic E-state index is 0. The number of aliphatic carboxylic acids is 2. The van der Waals surface area contributed by atoms with Crippen molar-refractivity contribution in [1.29, 1.82) is 0 Å². The second kappa shape index (κ2) is 7.35. The Labute approximate surface area is 99.6 Å². The molecule has 0 fully saturated rings. The van der Waals surface area contributed by atoms with Crippen molar-refractivity contribution < 1.29 is 49.4 Å². The van der Waals surface area contributed by atoms with E-state index in [9.17, 15) is 14.7 Å². The third-order valence-corrected chi connectivity index (χ3v) is 1.89. The van der Waals surface area contributed by atoms with E-state index in [2.05, 4.69) is 0 Å². The van der Waals surface area contributed by atoms with Crippen LogP contribution in [0.25, 0.3) is 0 Å². The maximum Gasteiger partial charge on any atom is 1.00 e. The Morgan fingerprint density at radius 1 is 1.46 bits per heavy atom. The van der Waals surface area contributed by atoms with Crippen LogP contribution in [-0.4, -0.2) is 17.0 Å². The molecule has 0 amide bonds. The molecule has 0 spiro atoms. The molecule has 0 aromatic carbocycles. The van der Waals surface area contributed by atoms with E-state index in [4.69, 9.17) is 5.11 Å².